The second-order valence-electron chi connectivity index (χ2n) is 5.68. The Hall–Kier alpha value is -1.61. The van der Waals surface area contributed by atoms with Gasteiger partial charge in [0.05, 0.1) is 6.04 Å². The van der Waals surface area contributed by atoms with Gasteiger partial charge in [0.2, 0.25) is 0 Å². The molecule has 5 nitrogen and oxygen atoms in total. The van der Waals surface area contributed by atoms with Gasteiger partial charge in [0.1, 0.15) is 11.9 Å². The molecule has 0 saturated carbocycles. The van der Waals surface area contributed by atoms with E-state index in [1.165, 1.54) is 22.7 Å². The molecular weight excluding hydrogens is 383 g/mol. The Morgan fingerprint density at radius 3 is 3.04 bits per heavy atom. The van der Waals surface area contributed by atoms with E-state index in [2.05, 4.69) is 16.0 Å². The molecule has 130 valence electrons. The maximum atomic E-state index is 13.9. The smallest absolute Gasteiger partial charge is 0.264 e. The van der Waals surface area contributed by atoms with Crippen LogP contribution in [0.2, 0.25) is 5.02 Å². The first-order chi connectivity index (χ1) is 12.1. The molecule has 1 aromatic carbocycles. The Kier molecular flexibility index (Phi) is 4.68. The topological polar surface area (TPSA) is 56.7 Å². The third-order valence-corrected chi connectivity index (χ3v) is 6.45. The number of thiophene rings is 1. The first-order valence-electron chi connectivity index (χ1n) is 7.65. The van der Waals surface area contributed by atoms with E-state index in [9.17, 15) is 9.18 Å². The van der Waals surface area contributed by atoms with Crippen molar-refractivity contribution in [3.8, 4) is 0 Å². The van der Waals surface area contributed by atoms with Crippen LogP contribution >= 0.6 is 34.7 Å². The van der Waals surface area contributed by atoms with E-state index in [4.69, 9.17) is 11.6 Å². The van der Waals surface area contributed by atoms with Gasteiger partial charge in [-0.2, -0.15) is 0 Å². The van der Waals surface area contributed by atoms with E-state index in [-0.39, 0.29) is 23.8 Å². The Bertz CT molecular complexity index is 809. The standard InChI is InChI=1S/C16H14ClFN4OS2/c17-10-3-1-4-11(18)9(10)8-25-16-20-19-15(23)13-7-12(21-22(13)16)14-5-2-6-24-14/h1-6,12-13,21H,7-8H2,(H,19,23). The van der Waals surface area contributed by atoms with E-state index in [1.807, 2.05) is 17.5 Å². The summed E-state index contributed by atoms with van der Waals surface area (Å²) in [5.41, 5.74) is 6.33. The summed E-state index contributed by atoms with van der Waals surface area (Å²) < 4.78 is 13.9. The number of amides is 1. The van der Waals surface area contributed by atoms with Crippen LogP contribution in [0.5, 0.6) is 0 Å². The number of hydrazone groups is 1. The number of fused-ring (bicyclic) bond motifs is 1. The number of nitrogens with one attached hydrogen (secondary N) is 2. The van der Waals surface area contributed by atoms with Crippen LogP contribution < -0.4 is 10.9 Å². The van der Waals surface area contributed by atoms with Gasteiger partial charge >= 0.3 is 0 Å². The number of hydrogen-bond donors (Lipinski definition) is 2. The number of rotatable bonds is 3. The third-order valence-electron chi connectivity index (χ3n) is 4.13. The van der Waals surface area contributed by atoms with E-state index < -0.39 is 0 Å². The van der Waals surface area contributed by atoms with E-state index >= 15 is 0 Å². The van der Waals surface area contributed by atoms with Gasteiger partial charge in [0.15, 0.2) is 5.17 Å². The summed E-state index contributed by atoms with van der Waals surface area (Å²) in [6.07, 6.45) is 0.659. The van der Waals surface area contributed by atoms with Gasteiger partial charge in [-0.1, -0.05) is 35.5 Å². The van der Waals surface area contributed by atoms with Crippen LogP contribution in [0.15, 0.2) is 40.8 Å². The van der Waals surface area contributed by atoms with Crippen LogP contribution in [0, 0.1) is 5.82 Å². The lowest BCUT2D eigenvalue weighted by Crippen LogP contribution is -2.52. The average molecular weight is 397 g/mol. The first kappa shape index (κ1) is 16.8. The van der Waals surface area contributed by atoms with Crippen molar-refractivity contribution in [3.05, 3.63) is 57.0 Å². The van der Waals surface area contributed by atoms with E-state index in [0.717, 1.165) is 0 Å². The SMILES string of the molecule is O=C1NN=C(SCc2c(F)cccc2Cl)N2NC(c3cccs3)CC12. The number of hydrogen-bond acceptors (Lipinski definition) is 6. The minimum atomic E-state index is -0.345. The zero-order chi connectivity index (χ0) is 17.4. The Morgan fingerprint density at radius 2 is 2.28 bits per heavy atom. The molecule has 0 aliphatic carbocycles. The minimum absolute atomic E-state index is 0.0664. The third kappa shape index (κ3) is 3.27. The van der Waals surface area contributed by atoms with Crippen LogP contribution in [0.4, 0.5) is 4.39 Å². The maximum Gasteiger partial charge on any atom is 0.264 e. The number of hydrazine groups is 1. The summed E-state index contributed by atoms with van der Waals surface area (Å²) >= 11 is 9.06. The maximum absolute atomic E-state index is 13.9. The predicted octanol–water partition coefficient (Wildman–Crippen LogP) is 3.49. The number of carbonyl (C=O) groups excluding carboxylic acids is 1. The normalized spacial score (nSPS) is 22.6. The van der Waals surface area contributed by atoms with Crippen molar-refractivity contribution in [2.45, 2.75) is 24.3 Å². The van der Waals surface area contributed by atoms with Crippen LogP contribution in [0.3, 0.4) is 0 Å². The van der Waals surface area contributed by atoms with E-state index in [0.29, 0.717) is 27.9 Å². The second kappa shape index (κ2) is 6.95. The summed E-state index contributed by atoms with van der Waals surface area (Å²) in [5, 5.41) is 8.90. The fraction of sp³-hybridized carbons (Fsp3) is 0.250. The number of thioether (sulfide) groups is 1. The molecule has 1 fully saturated rings. The van der Waals surface area contributed by atoms with Crippen LogP contribution in [-0.4, -0.2) is 22.1 Å². The van der Waals surface area contributed by atoms with Gasteiger partial charge in [-0.25, -0.2) is 15.2 Å². The molecule has 0 spiro atoms. The lowest BCUT2D eigenvalue weighted by molar-refractivity contribution is -0.125. The number of benzene rings is 1. The Labute approximate surface area is 157 Å². The number of halogens is 2. The molecule has 1 saturated heterocycles. The first-order valence-corrected chi connectivity index (χ1v) is 9.90. The fourth-order valence-electron chi connectivity index (χ4n) is 2.86. The highest BCUT2D eigenvalue weighted by molar-refractivity contribution is 8.13. The molecule has 2 atom stereocenters. The lowest BCUT2D eigenvalue weighted by Gasteiger charge is -2.29. The molecule has 4 rings (SSSR count). The van der Waals surface area contributed by atoms with E-state index in [1.54, 1.807) is 28.5 Å². The molecule has 2 aromatic rings. The molecule has 2 N–H and O–H groups in total. The summed E-state index contributed by atoms with van der Waals surface area (Å²) in [5.74, 6) is -0.155. The fourth-order valence-corrected chi connectivity index (χ4v) is 4.95. The summed E-state index contributed by atoms with van der Waals surface area (Å²) in [7, 11) is 0. The van der Waals surface area contributed by atoms with Crippen molar-refractivity contribution in [1.82, 2.24) is 15.9 Å². The molecule has 25 heavy (non-hydrogen) atoms. The molecule has 3 heterocycles. The molecule has 9 heteroatoms. The van der Waals surface area contributed by atoms with Gasteiger partial charge < -0.3 is 0 Å². The van der Waals surface area contributed by atoms with Crippen molar-refractivity contribution in [2.75, 3.05) is 0 Å². The molecule has 1 amide bonds. The predicted molar refractivity (Wildman–Crippen MR) is 98.7 cm³/mol. The Morgan fingerprint density at radius 1 is 1.40 bits per heavy atom. The second-order valence-corrected chi connectivity index (χ2v) is 8.01. The van der Waals surface area contributed by atoms with Gasteiger partial charge in [-0.15, -0.1) is 16.4 Å². The monoisotopic (exact) mass is 396 g/mol. The number of nitrogens with zero attached hydrogens (tertiary/aromatic N) is 2. The van der Waals surface area contributed by atoms with Crippen molar-refractivity contribution in [1.29, 1.82) is 0 Å². The van der Waals surface area contributed by atoms with Crippen LogP contribution in [-0.2, 0) is 10.5 Å². The quantitative estimate of drug-likeness (QED) is 0.833. The largest absolute Gasteiger partial charge is 0.272 e. The number of amidine groups is 1. The summed E-state index contributed by atoms with van der Waals surface area (Å²) in [4.78, 5) is 13.3. The average Bonchev–Trinajstić information content (AvgIpc) is 3.25. The van der Waals surface area contributed by atoms with Crippen molar-refractivity contribution in [3.63, 3.8) is 0 Å². The van der Waals surface area contributed by atoms with Crippen molar-refractivity contribution < 1.29 is 9.18 Å². The molecule has 2 aliphatic rings. The molecule has 2 aliphatic heterocycles. The van der Waals surface area contributed by atoms with Crippen molar-refractivity contribution >= 4 is 45.8 Å². The Balaban J connectivity index is 1.51. The summed E-state index contributed by atoms with van der Waals surface area (Å²) in [6.45, 7) is 0. The lowest BCUT2D eigenvalue weighted by atomic mass is 10.1. The molecule has 1 aromatic heterocycles. The zero-order valence-corrected chi connectivity index (χ0v) is 15.3. The van der Waals surface area contributed by atoms with Gasteiger partial charge in [-0.05, 0) is 23.6 Å². The minimum Gasteiger partial charge on any atom is -0.272 e. The molecule has 2 unspecified atom stereocenters. The highest BCUT2D eigenvalue weighted by atomic mass is 35.5. The zero-order valence-electron chi connectivity index (χ0n) is 12.9. The van der Waals surface area contributed by atoms with Gasteiger partial charge in [-0.3, -0.25) is 9.80 Å². The molecular formula is C16H14ClFN4OS2. The van der Waals surface area contributed by atoms with Crippen molar-refractivity contribution in [2.24, 2.45) is 5.10 Å². The molecule has 0 radical (unpaired) electrons. The highest BCUT2D eigenvalue weighted by Crippen LogP contribution is 2.34. The number of carbonyl (C=O) groups is 1. The van der Waals surface area contributed by atoms with Gasteiger partial charge in [0, 0.05) is 27.6 Å². The summed E-state index contributed by atoms with van der Waals surface area (Å²) in [6, 6.07) is 8.39. The van der Waals surface area contributed by atoms with Crippen LogP contribution in [0.25, 0.3) is 0 Å². The highest BCUT2D eigenvalue weighted by Gasteiger charge is 2.42. The van der Waals surface area contributed by atoms with Gasteiger partial charge in [0.25, 0.3) is 5.91 Å². The van der Waals surface area contributed by atoms with Crippen LogP contribution in [0.1, 0.15) is 22.9 Å². The molecule has 0 bridgehead atoms.